The zero-order valence-corrected chi connectivity index (χ0v) is 14.0. The van der Waals surface area contributed by atoms with Crippen LogP contribution in [0.3, 0.4) is 0 Å². The predicted molar refractivity (Wildman–Crippen MR) is 96.1 cm³/mol. The Kier molecular flexibility index (Phi) is 7.40. The maximum atomic E-state index is 12.2. The number of amides is 2. The molecule has 0 atom stereocenters. The highest BCUT2D eigenvalue weighted by molar-refractivity contribution is 5.93. The molecule has 0 bridgehead atoms. The van der Waals surface area contributed by atoms with Crippen molar-refractivity contribution in [2.45, 2.75) is 13.0 Å². The monoisotopic (exact) mass is 341 g/mol. The maximum Gasteiger partial charge on any atom is 0.324 e. The number of nitrogens with zero attached hydrogens (tertiary/aromatic N) is 2. The molecular weight excluding hydrogens is 318 g/mol. The molecule has 132 valence electrons. The number of ether oxygens (including phenoxy) is 1. The lowest BCUT2D eigenvalue weighted by atomic mass is 10.2. The molecule has 1 aromatic carbocycles. The van der Waals surface area contributed by atoms with Crippen LogP contribution in [0.2, 0.25) is 0 Å². The molecular formula is C18H23N5O2. The Hall–Kier alpha value is -2.93. The Bertz CT molecular complexity index is 664. The smallest absolute Gasteiger partial charge is 0.324 e. The van der Waals surface area contributed by atoms with Crippen LogP contribution in [0.5, 0.6) is 0 Å². The number of guanidine groups is 1. The van der Waals surface area contributed by atoms with Crippen molar-refractivity contribution in [3.05, 3.63) is 66.0 Å². The predicted octanol–water partition coefficient (Wildman–Crippen LogP) is 1.75. The lowest BCUT2D eigenvalue weighted by Crippen LogP contribution is -2.48. The van der Waals surface area contributed by atoms with Crippen LogP contribution >= 0.6 is 0 Å². The molecule has 2 rings (SSSR count). The largest absolute Gasteiger partial charge is 0.375 e. The van der Waals surface area contributed by atoms with Gasteiger partial charge in [-0.3, -0.25) is 15.3 Å². The van der Waals surface area contributed by atoms with Crippen LogP contribution in [-0.4, -0.2) is 41.6 Å². The summed E-state index contributed by atoms with van der Waals surface area (Å²) in [5.41, 5.74) is 7.62. The Morgan fingerprint density at radius 1 is 1.16 bits per heavy atom. The number of urea groups is 1. The van der Waals surface area contributed by atoms with Gasteiger partial charge in [-0.1, -0.05) is 30.3 Å². The Balaban J connectivity index is 1.70. The minimum Gasteiger partial charge on any atom is -0.375 e. The van der Waals surface area contributed by atoms with E-state index in [1.165, 1.54) is 4.90 Å². The Morgan fingerprint density at radius 2 is 1.88 bits per heavy atom. The molecule has 0 fully saturated rings. The maximum absolute atomic E-state index is 12.2. The molecule has 0 aliphatic rings. The highest BCUT2D eigenvalue weighted by atomic mass is 16.5. The van der Waals surface area contributed by atoms with Crippen LogP contribution in [0, 0.1) is 5.41 Å². The molecule has 0 saturated carbocycles. The van der Waals surface area contributed by atoms with Crippen molar-refractivity contribution in [3.63, 3.8) is 0 Å². The van der Waals surface area contributed by atoms with E-state index in [0.29, 0.717) is 32.7 Å². The highest BCUT2D eigenvalue weighted by Crippen LogP contribution is 2.01. The van der Waals surface area contributed by atoms with Crippen molar-refractivity contribution in [2.75, 3.05) is 19.7 Å². The van der Waals surface area contributed by atoms with Crippen molar-refractivity contribution in [3.8, 4) is 0 Å². The van der Waals surface area contributed by atoms with Crippen LogP contribution in [0.4, 0.5) is 4.79 Å². The van der Waals surface area contributed by atoms with E-state index in [2.05, 4.69) is 10.3 Å². The van der Waals surface area contributed by atoms with E-state index in [4.69, 9.17) is 15.9 Å². The van der Waals surface area contributed by atoms with Crippen molar-refractivity contribution >= 4 is 12.0 Å². The Labute approximate surface area is 147 Å². The van der Waals surface area contributed by atoms with Gasteiger partial charge >= 0.3 is 6.03 Å². The fourth-order valence-electron chi connectivity index (χ4n) is 2.21. The van der Waals surface area contributed by atoms with Crippen molar-refractivity contribution in [2.24, 2.45) is 5.73 Å². The number of hydrogen-bond acceptors (Lipinski definition) is 4. The van der Waals surface area contributed by atoms with Gasteiger partial charge in [-0.05, 0) is 29.7 Å². The molecule has 2 aromatic rings. The molecule has 4 N–H and O–H groups in total. The van der Waals surface area contributed by atoms with Crippen LogP contribution in [0.1, 0.15) is 11.1 Å². The number of hydrogen-bond donors (Lipinski definition) is 3. The van der Waals surface area contributed by atoms with E-state index in [9.17, 15) is 4.79 Å². The number of carbonyl (C=O) groups is 1. The topological polar surface area (TPSA) is 104 Å². The van der Waals surface area contributed by atoms with Gasteiger partial charge in [-0.15, -0.1) is 0 Å². The first-order valence-electron chi connectivity index (χ1n) is 8.07. The third-order valence-electron chi connectivity index (χ3n) is 3.54. The zero-order valence-electron chi connectivity index (χ0n) is 14.0. The second kappa shape index (κ2) is 10.0. The fraction of sp³-hybridized carbons (Fsp3) is 0.278. The number of benzene rings is 1. The average molecular weight is 341 g/mol. The summed E-state index contributed by atoms with van der Waals surface area (Å²) in [4.78, 5) is 17.3. The molecule has 0 spiro atoms. The molecule has 0 unspecified atom stereocenters. The standard InChI is InChI=1S/C18H23N5O2/c19-17(20)23(12-8-15-6-9-21-10-7-15)18(24)22-11-13-25-14-16-4-2-1-3-5-16/h1-7,9-10H,8,11-14H2,(H3,19,20)(H,22,24). The second-order valence-electron chi connectivity index (χ2n) is 5.41. The SMILES string of the molecule is N=C(N)N(CCc1ccncc1)C(=O)NCCOCc1ccccc1. The third-order valence-corrected chi connectivity index (χ3v) is 3.54. The van der Waals surface area contributed by atoms with Crippen LogP contribution in [0.15, 0.2) is 54.9 Å². The minimum absolute atomic E-state index is 0.281. The molecule has 7 heteroatoms. The minimum atomic E-state index is -0.398. The molecule has 7 nitrogen and oxygen atoms in total. The summed E-state index contributed by atoms with van der Waals surface area (Å²) in [6.07, 6.45) is 3.98. The van der Waals surface area contributed by atoms with Crippen LogP contribution < -0.4 is 11.1 Å². The number of rotatable bonds is 8. The zero-order chi connectivity index (χ0) is 17.9. The fourth-order valence-corrected chi connectivity index (χ4v) is 2.21. The summed E-state index contributed by atoms with van der Waals surface area (Å²) >= 11 is 0. The summed E-state index contributed by atoms with van der Waals surface area (Å²) in [5, 5.41) is 10.3. The molecule has 0 aliphatic heterocycles. The number of carbonyl (C=O) groups excluding carboxylic acids is 1. The van der Waals surface area contributed by atoms with Gasteiger partial charge in [-0.2, -0.15) is 0 Å². The van der Waals surface area contributed by atoms with E-state index in [-0.39, 0.29) is 5.96 Å². The molecule has 1 heterocycles. The molecule has 1 aromatic heterocycles. The number of aromatic nitrogens is 1. The summed E-state index contributed by atoms with van der Waals surface area (Å²) < 4.78 is 5.51. The first kappa shape index (κ1) is 18.4. The average Bonchev–Trinajstić information content (AvgIpc) is 2.63. The van der Waals surface area contributed by atoms with Crippen LogP contribution in [0.25, 0.3) is 0 Å². The molecule has 0 radical (unpaired) electrons. The molecule has 0 saturated heterocycles. The third kappa shape index (κ3) is 6.60. The summed E-state index contributed by atoms with van der Waals surface area (Å²) in [5.74, 6) is -0.281. The van der Waals surface area contributed by atoms with E-state index in [1.54, 1.807) is 12.4 Å². The van der Waals surface area contributed by atoms with Gasteiger partial charge in [0.25, 0.3) is 0 Å². The summed E-state index contributed by atoms with van der Waals surface area (Å²) in [6.45, 7) is 1.56. The molecule has 25 heavy (non-hydrogen) atoms. The lowest BCUT2D eigenvalue weighted by molar-refractivity contribution is 0.122. The highest BCUT2D eigenvalue weighted by Gasteiger charge is 2.15. The summed E-state index contributed by atoms with van der Waals surface area (Å²) in [6, 6.07) is 13.2. The summed E-state index contributed by atoms with van der Waals surface area (Å²) in [7, 11) is 0. The number of pyridine rings is 1. The van der Waals surface area contributed by atoms with Crippen molar-refractivity contribution < 1.29 is 9.53 Å². The molecule has 2 amide bonds. The van der Waals surface area contributed by atoms with Gasteiger partial charge in [0.2, 0.25) is 0 Å². The number of nitrogens with one attached hydrogen (secondary N) is 2. The van der Waals surface area contributed by atoms with Crippen molar-refractivity contribution in [1.29, 1.82) is 5.41 Å². The van der Waals surface area contributed by atoms with E-state index < -0.39 is 6.03 Å². The van der Waals surface area contributed by atoms with Gasteiger partial charge in [0.1, 0.15) is 0 Å². The molecule has 0 aliphatic carbocycles. The number of nitrogens with two attached hydrogens (primary N) is 1. The van der Waals surface area contributed by atoms with Gasteiger partial charge < -0.3 is 15.8 Å². The van der Waals surface area contributed by atoms with Crippen molar-refractivity contribution in [1.82, 2.24) is 15.2 Å². The lowest BCUT2D eigenvalue weighted by Gasteiger charge is -2.21. The van der Waals surface area contributed by atoms with E-state index in [1.807, 2.05) is 42.5 Å². The van der Waals surface area contributed by atoms with Crippen LogP contribution in [-0.2, 0) is 17.8 Å². The Morgan fingerprint density at radius 3 is 2.56 bits per heavy atom. The van der Waals surface area contributed by atoms with Gasteiger partial charge in [-0.25, -0.2) is 4.79 Å². The normalized spacial score (nSPS) is 10.2. The van der Waals surface area contributed by atoms with E-state index >= 15 is 0 Å². The van der Waals surface area contributed by atoms with Gasteiger partial charge in [0.05, 0.1) is 13.2 Å². The first-order chi connectivity index (χ1) is 12.2. The van der Waals surface area contributed by atoms with E-state index in [0.717, 1.165) is 11.1 Å². The first-order valence-corrected chi connectivity index (χ1v) is 8.07. The quantitative estimate of drug-likeness (QED) is 0.386. The second-order valence-corrected chi connectivity index (χ2v) is 5.41. The van der Waals surface area contributed by atoms with Gasteiger partial charge in [0, 0.05) is 25.5 Å². The van der Waals surface area contributed by atoms with Gasteiger partial charge in [0.15, 0.2) is 5.96 Å².